The highest BCUT2D eigenvalue weighted by Gasteiger charge is 2.38. The monoisotopic (exact) mass is 570 g/mol. The number of ether oxygens (including phenoxy) is 1. The van der Waals surface area contributed by atoms with Crippen LogP contribution in [0.25, 0.3) is 33.8 Å². The summed E-state index contributed by atoms with van der Waals surface area (Å²) in [6.45, 7) is 0. The van der Waals surface area contributed by atoms with E-state index in [1.165, 1.54) is 24.3 Å². The summed E-state index contributed by atoms with van der Waals surface area (Å²) >= 11 is 0. The van der Waals surface area contributed by atoms with Gasteiger partial charge in [0.25, 0.3) is 10.1 Å². The van der Waals surface area contributed by atoms with Crippen molar-refractivity contribution in [2.45, 2.75) is 30.6 Å². The van der Waals surface area contributed by atoms with Gasteiger partial charge in [-0.15, -0.1) is 10.2 Å². The van der Waals surface area contributed by atoms with Crippen molar-refractivity contribution in [3.8, 4) is 39.5 Å². The van der Waals surface area contributed by atoms with Gasteiger partial charge in [-0.2, -0.15) is 8.42 Å². The number of hydrogen-bond acceptors (Lipinski definition) is 7. The predicted molar refractivity (Wildman–Crippen MR) is 131 cm³/mol. The van der Waals surface area contributed by atoms with Crippen LogP contribution in [0, 0.1) is 10.2 Å². The molecule has 4 aromatic rings. The van der Waals surface area contributed by atoms with Crippen molar-refractivity contribution in [1.29, 1.82) is 0 Å². The average Bonchev–Trinajstić information content (AvgIpc) is 2.90. The zero-order valence-corrected chi connectivity index (χ0v) is 22.3. The van der Waals surface area contributed by atoms with E-state index in [1.807, 2.05) is 30.3 Å². The standard InChI is InChI=1S/C28H22O5S.ClHO4/c1-32-24-15-12-19(16-25(24)34(29,30)31)26-22-13-10-17-6-2-4-8-20(17)27(22)33-28-21-9-5-3-7-18(21)11-14-23(26)28;2-1(3,4)5/h2-9,12,15-16H,10-11,13-14H2,1H3;(H,2,3,4,5). The Bertz CT molecular complexity index is 1600. The van der Waals surface area contributed by atoms with Crippen molar-refractivity contribution in [1.82, 2.24) is 0 Å². The summed E-state index contributed by atoms with van der Waals surface area (Å²) in [5.74, 6) is 1.78. The Kier molecular flexibility index (Phi) is 7.21. The number of aryl methyl sites for hydroxylation is 2. The first kappa shape index (κ1) is 27.2. The van der Waals surface area contributed by atoms with Crippen LogP contribution in [0.2, 0.25) is 0 Å². The molecule has 2 aliphatic rings. The molecule has 0 unspecified atom stereocenters. The lowest BCUT2D eigenvalue weighted by Crippen LogP contribution is -2.68. The lowest BCUT2D eigenvalue weighted by atomic mass is 9.79. The second-order valence-electron chi connectivity index (χ2n) is 9.13. The zero-order chi connectivity index (χ0) is 27.9. The highest BCUT2D eigenvalue weighted by atomic mass is 35.7. The molecule has 0 aliphatic heterocycles. The Hall–Kier alpha value is -3.35. The van der Waals surface area contributed by atoms with Gasteiger partial charge in [-0.25, -0.2) is 23.1 Å². The topological polar surface area (TPSA) is 167 Å². The van der Waals surface area contributed by atoms with E-state index in [4.69, 9.17) is 27.8 Å². The van der Waals surface area contributed by atoms with Gasteiger partial charge < -0.3 is 4.74 Å². The maximum Gasteiger partial charge on any atom is 0.364 e. The van der Waals surface area contributed by atoms with Crippen molar-refractivity contribution in [2.24, 2.45) is 0 Å². The molecular weight excluding hydrogens is 548 g/mol. The maximum absolute atomic E-state index is 12.2. The first-order valence-electron chi connectivity index (χ1n) is 11.9. The average molecular weight is 571 g/mol. The molecule has 0 spiro atoms. The van der Waals surface area contributed by atoms with E-state index in [1.54, 1.807) is 6.07 Å². The molecular formula is C28H23ClO9S. The van der Waals surface area contributed by atoms with Crippen molar-refractivity contribution in [3.05, 3.63) is 89.0 Å². The minimum absolute atomic E-state index is 0.116. The number of halogens is 1. The molecule has 1 N–H and O–H groups in total. The first-order chi connectivity index (χ1) is 18.5. The summed E-state index contributed by atoms with van der Waals surface area (Å²) in [6, 6.07) is 21.5. The lowest BCUT2D eigenvalue weighted by molar-refractivity contribution is -2.00. The van der Waals surface area contributed by atoms with E-state index in [0.717, 1.165) is 70.6 Å². The third-order valence-electron chi connectivity index (χ3n) is 6.90. The summed E-state index contributed by atoms with van der Waals surface area (Å²) in [7, 11) is -8.02. The van der Waals surface area contributed by atoms with Gasteiger partial charge in [-0.05, 0) is 66.6 Å². The van der Waals surface area contributed by atoms with Crippen molar-refractivity contribution in [2.75, 3.05) is 7.11 Å². The highest BCUT2D eigenvalue weighted by molar-refractivity contribution is 7.86. The quantitative estimate of drug-likeness (QED) is 0.281. The third-order valence-corrected chi connectivity index (χ3v) is 7.77. The minimum atomic E-state index is -4.94. The summed E-state index contributed by atoms with van der Waals surface area (Å²) in [5, 5.41) is 0. The SMILES string of the molecule is COc1ccc(-c2c3c([o+]c4c2CCc2ccccc2-4)-c2ccccc2CC3)cc1S(=O)(=O)O.[O-][Cl+3]([O-])([O-])[O-]. The number of fused-ring (bicyclic) bond motifs is 6. The van der Waals surface area contributed by atoms with Crippen LogP contribution in [-0.2, 0) is 35.8 Å². The molecule has 0 saturated carbocycles. The van der Waals surface area contributed by atoms with Gasteiger partial charge in [-0.1, -0.05) is 42.5 Å². The molecule has 0 bridgehead atoms. The number of rotatable bonds is 3. The second-order valence-corrected chi connectivity index (χ2v) is 11.3. The van der Waals surface area contributed by atoms with E-state index < -0.39 is 20.4 Å². The van der Waals surface area contributed by atoms with Gasteiger partial charge in [0.2, 0.25) is 0 Å². The van der Waals surface area contributed by atoms with Crippen LogP contribution in [-0.4, -0.2) is 20.1 Å². The third kappa shape index (κ3) is 5.54. The Morgan fingerprint density at radius 2 is 1.28 bits per heavy atom. The number of methoxy groups -OCH3 is 1. The molecule has 39 heavy (non-hydrogen) atoms. The summed E-state index contributed by atoms with van der Waals surface area (Å²) in [5.41, 5.74) is 8.48. The smallest absolute Gasteiger partial charge is 0.364 e. The van der Waals surface area contributed by atoms with Crippen LogP contribution in [0.1, 0.15) is 22.3 Å². The second kappa shape index (κ2) is 10.3. The Balaban J connectivity index is 0.000000567. The van der Waals surface area contributed by atoms with Crippen LogP contribution < -0.4 is 23.4 Å². The van der Waals surface area contributed by atoms with Crippen LogP contribution >= 0.6 is 0 Å². The fourth-order valence-corrected chi connectivity index (χ4v) is 6.05. The Morgan fingerprint density at radius 1 is 0.795 bits per heavy atom. The van der Waals surface area contributed by atoms with Gasteiger partial charge in [0.05, 0.1) is 29.4 Å². The van der Waals surface area contributed by atoms with Gasteiger partial charge >= 0.3 is 11.5 Å². The molecule has 1 aromatic heterocycles. The van der Waals surface area contributed by atoms with Crippen LogP contribution in [0.4, 0.5) is 0 Å². The van der Waals surface area contributed by atoms with E-state index >= 15 is 0 Å². The van der Waals surface area contributed by atoms with E-state index in [-0.39, 0.29) is 10.6 Å². The molecule has 0 fully saturated rings. The van der Waals surface area contributed by atoms with Crippen LogP contribution in [0.15, 0.2) is 76.0 Å². The Labute approximate surface area is 227 Å². The molecule has 0 radical (unpaired) electrons. The molecule has 3 aromatic carbocycles. The van der Waals surface area contributed by atoms with Crippen molar-refractivity contribution in [3.63, 3.8) is 0 Å². The van der Waals surface area contributed by atoms with E-state index in [9.17, 15) is 13.0 Å². The largest absolute Gasteiger partial charge is 0.495 e. The normalized spacial score (nSPS) is 13.7. The molecule has 2 aliphatic carbocycles. The Morgan fingerprint density at radius 3 is 1.74 bits per heavy atom. The van der Waals surface area contributed by atoms with Crippen LogP contribution in [0.5, 0.6) is 5.75 Å². The van der Waals surface area contributed by atoms with Crippen molar-refractivity contribution < 1.29 is 51.0 Å². The van der Waals surface area contributed by atoms with E-state index in [0.29, 0.717) is 0 Å². The number of hydrogen-bond donors (Lipinski definition) is 1. The van der Waals surface area contributed by atoms with Gasteiger partial charge in [0.15, 0.2) is 0 Å². The van der Waals surface area contributed by atoms with Crippen LogP contribution in [0.3, 0.4) is 0 Å². The molecule has 0 amide bonds. The summed E-state index contributed by atoms with van der Waals surface area (Å²) in [6.07, 6.45) is 3.32. The molecule has 0 saturated heterocycles. The maximum atomic E-state index is 12.2. The summed E-state index contributed by atoms with van der Waals surface area (Å²) < 4.78 is 80.1. The van der Waals surface area contributed by atoms with Gasteiger partial charge in [0, 0.05) is 5.56 Å². The molecule has 9 nitrogen and oxygen atoms in total. The lowest BCUT2D eigenvalue weighted by Gasteiger charge is -2.22. The zero-order valence-electron chi connectivity index (χ0n) is 20.7. The predicted octanol–water partition coefficient (Wildman–Crippen LogP) is 1.26. The molecule has 6 rings (SSSR count). The molecule has 1 heterocycles. The molecule has 11 heteroatoms. The van der Waals surface area contributed by atoms with Crippen molar-refractivity contribution >= 4 is 10.1 Å². The molecule has 202 valence electrons. The fourth-order valence-electron chi connectivity index (χ4n) is 5.37. The fraction of sp³-hybridized carbons (Fsp3) is 0.179. The first-order valence-corrected chi connectivity index (χ1v) is 14.6. The summed E-state index contributed by atoms with van der Waals surface area (Å²) in [4.78, 5) is -0.233. The molecule has 0 atom stereocenters. The minimum Gasteiger partial charge on any atom is -0.495 e. The van der Waals surface area contributed by atoms with E-state index in [2.05, 4.69) is 24.3 Å². The highest BCUT2D eigenvalue weighted by Crippen LogP contribution is 2.48. The van der Waals surface area contributed by atoms with Gasteiger partial charge in [-0.3, -0.25) is 4.55 Å². The number of benzene rings is 3. The van der Waals surface area contributed by atoms with Gasteiger partial charge in [0.1, 0.15) is 10.6 Å².